The summed E-state index contributed by atoms with van der Waals surface area (Å²) < 4.78 is 5.38. The molecule has 1 saturated heterocycles. The van der Waals surface area contributed by atoms with Crippen LogP contribution in [-0.2, 0) is 9.53 Å². The number of hydrogen-bond donors (Lipinski definition) is 2. The highest BCUT2D eigenvalue weighted by Crippen LogP contribution is 2.34. The molecule has 0 spiro atoms. The van der Waals surface area contributed by atoms with E-state index in [4.69, 9.17) is 4.74 Å². The van der Waals surface area contributed by atoms with Gasteiger partial charge in [-0.05, 0) is 38.5 Å². The smallest absolute Gasteiger partial charge is 0.317 e. The van der Waals surface area contributed by atoms with E-state index >= 15 is 0 Å². The second-order valence-corrected chi connectivity index (χ2v) is 6.23. The summed E-state index contributed by atoms with van der Waals surface area (Å²) in [6.07, 6.45) is 4.96. The monoisotopic (exact) mass is 298 g/mol. The molecule has 6 nitrogen and oxygen atoms in total. The van der Waals surface area contributed by atoms with Gasteiger partial charge in [0.2, 0.25) is 0 Å². The molecule has 120 valence electrons. The SMILES string of the molecule is CCC1(C(=O)O)CCCN(C(=O)NC2CCCC2OC)C1. The van der Waals surface area contributed by atoms with Gasteiger partial charge in [0, 0.05) is 20.2 Å². The zero-order valence-electron chi connectivity index (χ0n) is 12.9. The van der Waals surface area contributed by atoms with Crippen LogP contribution in [0.5, 0.6) is 0 Å². The van der Waals surface area contributed by atoms with Gasteiger partial charge in [0.05, 0.1) is 17.6 Å². The highest BCUT2D eigenvalue weighted by atomic mass is 16.5. The molecule has 21 heavy (non-hydrogen) atoms. The van der Waals surface area contributed by atoms with Gasteiger partial charge in [-0.15, -0.1) is 0 Å². The molecule has 0 aromatic carbocycles. The molecule has 0 aromatic rings. The molecule has 2 aliphatic rings. The maximum atomic E-state index is 12.4. The van der Waals surface area contributed by atoms with Gasteiger partial charge in [-0.25, -0.2) is 4.79 Å². The van der Waals surface area contributed by atoms with Gasteiger partial charge in [0.25, 0.3) is 0 Å². The first kappa shape index (κ1) is 16.1. The molecular weight excluding hydrogens is 272 g/mol. The molecule has 2 amide bonds. The largest absolute Gasteiger partial charge is 0.481 e. The normalized spacial score (nSPS) is 33.0. The van der Waals surface area contributed by atoms with E-state index in [0.29, 0.717) is 25.9 Å². The zero-order chi connectivity index (χ0) is 15.5. The quantitative estimate of drug-likeness (QED) is 0.830. The Labute approximate surface area is 125 Å². The number of methoxy groups -OCH3 is 1. The van der Waals surface area contributed by atoms with Crippen molar-refractivity contribution in [1.82, 2.24) is 10.2 Å². The van der Waals surface area contributed by atoms with Crippen LogP contribution in [0, 0.1) is 5.41 Å². The number of urea groups is 1. The van der Waals surface area contributed by atoms with Crippen molar-refractivity contribution in [2.75, 3.05) is 20.2 Å². The van der Waals surface area contributed by atoms with Crippen molar-refractivity contribution in [1.29, 1.82) is 0 Å². The second-order valence-electron chi connectivity index (χ2n) is 6.23. The fraction of sp³-hybridized carbons (Fsp3) is 0.867. The summed E-state index contributed by atoms with van der Waals surface area (Å²) in [4.78, 5) is 25.6. The van der Waals surface area contributed by atoms with E-state index in [9.17, 15) is 14.7 Å². The van der Waals surface area contributed by atoms with E-state index < -0.39 is 11.4 Å². The molecule has 0 bridgehead atoms. The Morgan fingerprint density at radius 1 is 1.38 bits per heavy atom. The highest BCUT2D eigenvalue weighted by molar-refractivity contribution is 5.79. The van der Waals surface area contributed by atoms with Crippen molar-refractivity contribution >= 4 is 12.0 Å². The molecule has 1 heterocycles. The topological polar surface area (TPSA) is 78.9 Å². The maximum Gasteiger partial charge on any atom is 0.317 e. The van der Waals surface area contributed by atoms with Gasteiger partial charge in [-0.1, -0.05) is 6.92 Å². The highest BCUT2D eigenvalue weighted by Gasteiger charge is 2.42. The van der Waals surface area contributed by atoms with Gasteiger partial charge >= 0.3 is 12.0 Å². The van der Waals surface area contributed by atoms with E-state index in [1.165, 1.54) is 0 Å². The third-order valence-corrected chi connectivity index (χ3v) is 5.06. The number of nitrogens with zero attached hydrogens (tertiary/aromatic N) is 1. The van der Waals surface area contributed by atoms with Crippen molar-refractivity contribution in [3.63, 3.8) is 0 Å². The van der Waals surface area contributed by atoms with Gasteiger partial charge in [0.15, 0.2) is 0 Å². The number of amides is 2. The molecule has 0 aromatic heterocycles. The summed E-state index contributed by atoms with van der Waals surface area (Å²) >= 11 is 0. The number of rotatable bonds is 4. The Bertz CT molecular complexity index is 401. The standard InChI is InChI=1S/C15H26N2O4/c1-3-15(13(18)19)8-5-9-17(10-15)14(20)16-11-6-4-7-12(11)21-2/h11-12H,3-10H2,1-2H3,(H,16,20)(H,18,19). The summed E-state index contributed by atoms with van der Waals surface area (Å²) in [6, 6.07) is -0.104. The minimum atomic E-state index is -0.793. The molecular formula is C15H26N2O4. The van der Waals surface area contributed by atoms with Crippen LogP contribution >= 0.6 is 0 Å². The Kier molecular flexibility index (Phi) is 5.08. The Hall–Kier alpha value is -1.30. The predicted molar refractivity (Wildman–Crippen MR) is 78.1 cm³/mol. The number of carbonyl (C=O) groups is 2. The van der Waals surface area contributed by atoms with Crippen LogP contribution in [0.4, 0.5) is 4.79 Å². The minimum Gasteiger partial charge on any atom is -0.481 e. The van der Waals surface area contributed by atoms with Crippen LogP contribution in [-0.4, -0.2) is 54.4 Å². The number of carboxylic acids is 1. The molecule has 3 unspecified atom stereocenters. The molecule has 2 rings (SSSR count). The Morgan fingerprint density at radius 2 is 2.14 bits per heavy atom. The maximum absolute atomic E-state index is 12.4. The van der Waals surface area contributed by atoms with Crippen LogP contribution in [0.3, 0.4) is 0 Å². The molecule has 1 aliphatic carbocycles. The summed E-state index contributed by atoms with van der Waals surface area (Å²) in [5.41, 5.74) is -0.786. The van der Waals surface area contributed by atoms with Crippen molar-refractivity contribution < 1.29 is 19.4 Å². The predicted octanol–water partition coefficient (Wildman–Crippen LogP) is 1.84. The van der Waals surface area contributed by atoms with E-state index in [-0.39, 0.29) is 18.2 Å². The molecule has 1 saturated carbocycles. The number of hydrogen-bond acceptors (Lipinski definition) is 3. The number of carboxylic acid groups (broad SMARTS) is 1. The van der Waals surface area contributed by atoms with E-state index in [1.807, 2.05) is 6.92 Å². The van der Waals surface area contributed by atoms with Crippen LogP contribution < -0.4 is 5.32 Å². The van der Waals surface area contributed by atoms with Gasteiger partial charge in [0.1, 0.15) is 0 Å². The fourth-order valence-electron chi connectivity index (χ4n) is 3.54. The van der Waals surface area contributed by atoms with Crippen molar-refractivity contribution in [2.45, 2.75) is 57.6 Å². The summed E-state index contributed by atoms with van der Waals surface area (Å²) in [5.74, 6) is -0.793. The summed E-state index contributed by atoms with van der Waals surface area (Å²) in [5, 5.41) is 12.5. The Balaban J connectivity index is 1.97. The zero-order valence-corrected chi connectivity index (χ0v) is 12.9. The fourth-order valence-corrected chi connectivity index (χ4v) is 3.54. The lowest BCUT2D eigenvalue weighted by Gasteiger charge is -2.39. The second kappa shape index (κ2) is 6.64. The number of piperidine rings is 1. The van der Waals surface area contributed by atoms with E-state index in [2.05, 4.69) is 5.32 Å². The lowest BCUT2D eigenvalue weighted by molar-refractivity contribution is -0.152. The number of ether oxygens (including phenoxy) is 1. The molecule has 6 heteroatoms. The number of aliphatic carboxylic acids is 1. The first-order valence-corrected chi connectivity index (χ1v) is 7.84. The number of nitrogens with one attached hydrogen (secondary N) is 1. The first-order chi connectivity index (χ1) is 10.0. The number of carbonyl (C=O) groups excluding carboxylic acids is 1. The summed E-state index contributed by atoms with van der Waals surface area (Å²) in [6.45, 7) is 2.81. The van der Waals surface area contributed by atoms with E-state index in [1.54, 1.807) is 12.0 Å². The van der Waals surface area contributed by atoms with Crippen molar-refractivity contribution in [3.05, 3.63) is 0 Å². The lowest BCUT2D eigenvalue weighted by Crippen LogP contribution is -2.55. The van der Waals surface area contributed by atoms with Gasteiger partial charge in [-0.3, -0.25) is 4.79 Å². The van der Waals surface area contributed by atoms with E-state index in [0.717, 1.165) is 25.7 Å². The van der Waals surface area contributed by atoms with Crippen LogP contribution in [0.25, 0.3) is 0 Å². The van der Waals surface area contributed by atoms with Crippen molar-refractivity contribution in [3.8, 4) is 0 Å². The van der Waals surface area contributed by atoms with Crippen molar-refractivity contribution in [2.24, 2.45) is 5.41 Å². The molecule has 2 N–H and O–H groups in total. The third kappa shape index (κ3) is 3.31. The van der Waals surface area contributed by atoms with Crippen LogP contribution in [0.1, 0.15) is 45.4 Å². The molecule has 1 aliphatic heterocycles. The molecule has 0 radical (unpaired) electrons. The Morgan fingerprint density at radius 3 is 2.76 bits per heavy atom. The average molecular weight is 298 g/mol. The van der Waals surface area contributed by atoms with Crippen LogP contribution in [0.15, 0.2) is 0 Å². The molecule has 2 fully saturated rings. The van der Waals surface area contributed by atoms with Gasteiger partial charge < -0.3 is 20.1 Å². The lowest BCUT2D eigenvalue weighted by atomic mass is 9.78. The van der Waals surface area contributed by atoms with Gasteiger partial charge in [-0.2, -0.15) is 0 Å². The molecule has 3 atom stereocenters. The minimum absolute atomic E-state index is 0.0466. The number of likely N-dealkylation sites (tertiary alicyclic amines) is 1. The third-order valence-electron chi connectivity index (χ3n) is 5.06. The average Bonchev–Trinajstić information content (AvgIpc) is 2.94. The van der Waals surface area contributed by atoms with Crippen LogP contribution in [0.2, 0.25) is 0 Å². The summed E-state index contributed by atoms with van der Waals surface area (Å²) in [7, 11) is 1.67. The first-order valence-electron chi connectivity index (χ1n) is 7.84.